The number of pyridine rings is 1. The molecule has 1 fully saturated rings. The number of nitrogens with zero attached hydrogens (tertiary/aromatic N) is 5. The minimum absolute atomic E-state index is 0.00190. The lowest BCUT2D eigenvalue weighted by Gasteiger charge is -2.28. The van der Waals surface area contributed by atoms with E-state index in [9.17, 15) is 9.59 Å². The Labute approximate surface area is 165 Å². The minimum Gasteiger partial charge on any atom is -0.343 e. The van der Waals surface area contributed by atoms with Crippen LogP contribution in [0.4, 0.5) is 0 Å². The summed E-state index contributed by atoms with van der Waals surface area (Å²) in [6.45, 7) is 2.98. The van der Waals surface area contributed by atoms with Crippen LogP contribution >= 0.6 is 0 Å². The van der Waals surface area contributed by atoms with Crippen LogP contribution in [-0.4, -0.2) is 56.0 Å². The van der Waals surface area contributed by atoms with Crippen molar-refractivity contribution in [1.29, 1.82) is 0 Å². The Hall–Kier alpha value is -2.70. The van der Waals surface area contributed by atoms with Gasteiger partial charge in [-0.1, -0.05) is 0 Å². The number of aromatic nitrogens is 3. The van der Waals surface area contributed by atoms with Crippen LogP contribution in [0.1, 0.15) is 53.0 Å². The van der Waals surface area contributed by atoms with Crippen molar-refractivity contribution in [3.63, 3.8) is 0 Å². The molecular formula is C21H27N5O2. The summed E-state index contributed by atoms with van der Waals surface area (Å²) >= 11 is 0. The molecule has 2 aliphatic heterocycles. The molecule has 0 bridgehead atoms. The summed E-state index contributed by atoms with van der Waals surface area (Å²) in [5.41, 5.74) is 3.84. The summed E-state index contributed by atoms with van der Waals surface area (Å²) in [5, 5.41) is 4.67. The Morgan fingerprint density at radius 1 is 1.11 bits per heavy atom. The third kappa shape index (κ3) is 3.79. The van der Waals surface area contributed by atoms with Crippen LogP contribution < -0.4 is 0 Å². The zero-order valence-corrected chi connectivity index (χ0v) is 16.4. The Morgan fingerprint density at radius 2 is 1.93 bits per heavy atom. The number of carbonyl (C=O) groups excluding carboxylic acids is 2. The van der Waals surface area contributed by atoms with E-state index < -0.39 is 0 Å². The number of carbonyl (C=O) groups is 2. The predicted octanol–water partition coefficient (Wildman–Crippen LogP) is 1.96. The van der Waals surface area contributed by atoms with E-state index in [-0.39, 0.29) is 11.8 Å². The van der Waals surface area contributed by atoms with Crippen molar-refractivity contribution in [3.8, 4) is 0 Å². The van der Waals surface area contributed by atoms with Crippen molar-refractivity contribution in [2.75, 3.05) is 19.6 Å². The Kier molecular flexibility index (Phi) is 5.41. The quantitative estimate of drug-likeness (QED) is 0.812. The van der Waals surface area contributed by atoms with E-state index in [1.165, 1.54) is 12.1 Å². The van der Waals surface area contributed by atoms with E-state index in [2.05, 4.69) is 10.1 Å². The molecule has 4 rings (SSSR count). The molecule has 28 heavy (non-hydrogen) atoms. The molecule has 0 N–H and O–H groups in total. The summed E-state index contributed by atoms with van der Waals surface area (Å²) in [6.07, 6.45) is 8.62. The summed E-state index contributed by atoms with van der Waals surface area (Å²) in [5.74, 6) is 0.219. The topological polar surface area (TPSA) is 71.3 Å². The standard InChI is InChI=1S/C21H27N5O2/c1-24-19-9-13-26(21(28)16-6-5-10-22-14-16)15-17(19)18(23-24)7-8-20(27)25-11-3-2-4-12-25/h5-6,10,14H,2-4,7-9,11-13,15H2,1H3. The van der Waals surface area contributed by atoms with Crippen molar-refractivity contribution >= 4 is 11.8 Å². The van der Waals surface area contributed by atoms with Crippen LogP contribution in [0.25, 0.3) is 0 Å². The number of amides is 2. The molecule has 7 nitrogen and oxygen atoms in total. The zero-order valence-electron chi connectivity index (χ0n) is 16.4. The number of rotatable bonds is 4. The van der Waals surface area contributed by atoms with Gasteiger partial charge in [0.25, 0.3) is 5.91 Å². The van der Waals surface area contributed by atoms with Gasteiger partial charge in [0.05, 0.1) is 11.3 Å². The van der Waals surface area contributed by atoms with Crippen molar-refractivity contribution in [1.82, 2.24) is 24.6 Å². The summed E-state index contributed by atoms with van der Waals surface area (Å²) in [4.78, 5) is 33.2. The van der Waals surface area contributed by atoms with Crippen LogP contribution in [0.3, 0.4) is 0 Å². The molecule has 2 aromatic rings. The normalized spacial score (nSPS) is 16.8. The van der Waals surface area contributed by atoms with Gasteiger partial charge >= 0.3 is 0 Å². The van der Waals surface area contributed by atoms with Crippen molar-refractivity contribution in [3.05, 3.63) is 47.0 Å². The SMILES string of the molecule is Cn1nc(CCC(=O)N2CCCCC2)c2c1CCN(C(=O)c1cccnc1)C2. The van der Waals surface area contributed by atoms with E-state index in [0.717, 1.165) is 43.6 Å². The molecule has 0 aromatic carbocycles. The first-order chi connectivity index (χ1) is 13.6. The van der Waals surface area contributed by atoms with E-state index in [1.54, 1.807) is 24.5 Å². The first kappa shape index (κ1) is 18.7. The molecule has 0 atom stereocenters. The second kappa shape index (κ2) is 8.12. The van der Waals surface area contributed by atoms with Crippen LogP contribution in [0.15, 0.2) is 24.5 Å². The monoisotopic (exact) mass is 381 g/mol. The first-order valence-electron chi connectivity index (χ1n) is 10.1. The van der Waals surface area contributed by atoms with Gasteiger partial charge in [0, 0.05) is 76.1 Å². The number of piperidine rings is 1. The number of likely N-dealkylation sites (tertiary alicyclic amines) is 1. The Morgan fingerprint density at radius 3 is 2.68 bits per heavy atom. The van der Waals surface area contributed by atoms with Crippen LogP contribution in [0.5, 0.6) is 0 Å². The molecule has 4 heterocycles. The lowest BCUT2D eigenvalue weighted by molar-refractivity contribution is -0.132. The number of hydrogen-bond acceptors (Lipinski definition) is 4. The highest BCUT2D eigenvalue weighted by Crippen LogP contribution is 2.24. The molecule has 7 heteroatoms. The Bertz CT molecular complexity index is 855. The molecule has 2 amide bonds. The second-order valence-electron chi connectivity index (χ2n) is 7.66. The van der Waals surface area contributed by atoms with Crippen molar-refractivity contribution in [2.24, 2.45) is 7.05 Å². The minimum atomic E-state index is -0.00190. The van der Waals surface area contributed by atoms with Gasteiger partial charge in [-0.25, -0.2) is 0 Å². The number of aryl methyl sites for hydroxylation is 2. The summed E-state index contributed by atoms with van der Waals surface area (Å²) in [6, 6.07) is 3.58. The highest BCUT2D eigenvalue weighted by Gasteiger charge is 2.27. The van der Waals surface area contributed by atoms with Gasteiger partial charge in [-0.3, -0.25) is 19.3 Å². The molecule has 0 saturated carbocycles. The predicted molar refractivity (Wildman–Crippen MR) is 105 cm³/mol. The first-order valence-corrected chi connectivity index (χ1v) is 10.1. The highest BCUT2D eigenvalue weighted by molar-refractivity contribution is 5.94. The third-order valence-corrected chi connectivity index (χ3v) is 5.81. The summed E-state index contributed by atoms with van der Waals surface area (Å²) < 4.78 is 1.92. The molecule has 0 radical (unpaired) electrons. The summed E-state index contributed by atoms with van der Waals surface area (Å²) in [7, 11) is 1.95. The third-order valence-electron chi connectivity index (χ3n) is 5.81. The van der Waals surface area contributed by atoms with E-state index in [0.29, 0.717) is 31.5 Å². The number of hydrogen-bond donors (Lipinski definition) is 0. The van der Waals surface area contributed by atoms with E-state index >= 15 is 0 Å². The van der Waals surface area contributed by atoms with Gasteiger partial charge in [0.1, 0.15) is 0 Å². The lowest BCUT2D eigenvalue weighted by atomic mass is 10.0. The van der Waals surface area contributed by atoms with Crippen LogP contribution in [0.2, 0.25) is 0 Å². The molecular weight excluding hydrogens is 354 g/mol. The molecule has 2 aromatic heterocycles. The Balaban J connectivity index is 1.45. The fraction of sp³-hybridized carbons (Fsp3) is 0.524. The van der Waals surface area contributed by atoms with Gasteiger partial charge in [-0.15, -0.1) is 0 Å². The average Bonchev–Trinajstić information content (AvgIpc) is 3.07. The van der Waals surface area contributed by atoms with Gasteiger partial charge in [-0.05, 0) is 31.4 Å². The maximum Gasteiger partial charge on any atom is 0.255 e. The average molecular weight is 381 g/mol. The molecule has 2 aliphatic rings. The number of fused-ring (bicyclic) bond motifs is 1. The molecule has 0 spiro atoms. The van der Waals surface area contributed by atoms with E-state index in [1.807, 2.05) is 21.5 Å². The van der Waals surface area contributed by atoms with Crippen LogP contribution in [-0.2, 0) is 31.2 Å². The van der Waals surface area contributed by atoms with Crippen LogP contribution in [0, 0.1) is 0 Å². The van der Waals surface area contributed by atoms with Gasteiger partial charge in [-0.2, -0.15) is 5.10 Å². The maximum absolute atomic E-state index is 12.8. The van der Waals surface area contributed by atoms with Crippen molar-refractivity contribution in [2.45, 2.75) is 45.1 Å². The second-order valence-corrected chi connectivity index (χ2v) is 7.66. The largest absolute Gasteiger partial charge is 0.343 e. The smallest absolute Gasteiger partial charge is 0.255 e. The lowest BCUT2D eigenvalue weighted by Crippen LogP contribution is -2.37. The maximum atomic E-state index is 12.8. The fourth-order valence-electron chi connectivity index (χ4n) is 4.24. The van der Waals surface area contributed by atoms with E-state index in [4.69, 9.17) is 0 Å². The molecule has 0 unspecified atom stereocenters. The fourth-order valence-corrected chi connectivity index (χ4v) is 4.24. The van der Waals surface area contributed by atoms with Gasteiger partial charge < -0.3 is 9.80 Å². The highest BCUT2D eigenvalue weighted by atomic mass is 16.2. The van der Waals surface area contributed by atoms with Gasteiger partial charge in [0.2, 0.25) is 5.91 Å². The zero-order chi connectivity index (χ0) is 19.5. The van der Waals surface area contributed by atoms with Crippen molar-refractivity contribution < 1.29 is 9.59 Å². The molecule has 148 valence electrons. The van der Waals surface area contributed by atoms with Gasteiger partial charge in [0.15, 0.2) is 0 Å². The molecule has 0 aliphatic carbocycles. The molecule has 1 saturated heterocycles.